The van der Waals surface area contributed by atoms with Crippen molar-refractivity contribution in [1.29, 1.82) is 0 Å². The Balaban J connectivity index is 0.00000137. The minimum atomic E-state index is 0.518. The molecule has 0 spiro atoms. The van der Waals surface area contributed by atoms with Gasteiger partial charge in [0.25, 0.3) is 0 Å². The maximum absolute atomic E-state index is 7.00. The van der Waals surface area contributed by atoms with Gasteiger partial charge in [0.05, 0.1) is 12.1 Å². The molecule has 4 aromatic rings. The lowest BCUT2D eigenvalue weighted by atomic mass is 9.96. The summed E-state index contributed by atoms with van der Waals surface area (Å²) in [6.45, 7) is 8.30. The van der Waals surface area contributed by atoms with Crippen LogP contribution in [0.2, 0.25) is 0 Å². The third-order valence-electron chi connectivity index (χ3n) is 7.80. The van der Waals surface area contributed by atoms with E-state index in [0.717, 1.165) is 58.4 Å². The average Bonchev–Trinajstić information content (AvgIpc) is 3.31. The van der Waals surface area contributed by atoms with Crippen LogP contribution in [-0.2, 0) is 0 Å². The van der Waals surface area contributed by atoms with Gasteiger partial charge in [0, 0.05) is 55.6 Å². The number of H-pyrrole nitrogens is 1. The molecule has 194 valence electrons. The van der Waals surface area contributed by atoms with Crippen LogP contribution in [0.3, 0.4) is 0 Å². The van der Waals surface area contributed by atoms with E-state index in [2.05, 4.69) is 101 Å². The van der Waals surface area contributed by atoms with Crippen LogP contribution < -0.4 is 9.64 Å². The molecule has 2 atom stereocenters. The number of rotatable bonds is 6. The number of aromatic nitrogens is 1. The zero-order valence-corrected chi connectivity index (χ0v) is 22.3. The van der Waals surface area contributed by atoms with Crippen molar-refractivity contribution < 1.29 is 9.84 Å². The molecular weight excluding hydrogens is 458 g/mol. The Kier molecular flexibility index (Phi) is 7.82. The molecule has 3 aliphatic rings. The van der Waals surface area contributed by atoms with Gasteiger partial charge in [-0.05, 0) is 73.7 Å². The summed E-state index contributed by atoms with van der Waals surface area (Å²) in [6.07, 6.45) is 8.07. The smallest absolute Gasteiger partial charge is 0.128 e. The standard InChI is InChI=1S/C31H35N3O.CH4O/c1-22-12-15-30(29-18-23(2)32-31(22)29)35-17-7-16-33-20-28-11-6-5-10-27(33)21-34(28)26-14-13-24-8-3-4-9-25(24)19-26;1-2/h3-6,8-9,12-15,18-19,27-28,32H,7,10-11,16-17,20-21H2,1-2H3;2H,1H3/b6-5-;/t27-,28-;/m0./s1. The summed E-state index contributed by atoms with van der Waals surface area (Å²) in [5.41, 5.74) is 5.00. The Morgan fingerprint density at radius 3 is 2.51 bits per heavy atom. The van der Waals surface area contributed by atoms with Crippen LogP contribution in [0, 0.1) is 13.8 Å². The first kappa shape index (κ1) is 25.4. The molecule has 3 aliphatic heterocycles. The first-order valence-electron chi connectivity index (χ1n) is 13.5. The van der Waals surface area contributed by atoms with E-state index in [0.29, 0.717) is 12.1 Å². The van der Waals surface area contributed by atoms with Crippen LogP contribution in [0.4, 0.5) is 5.69 Å². The minimum Gasteiger partial charge on any atom is -0.493 e. The SMILES string of the molecule is CO.Cc1cc2c(OCCCN3C[C@@H]4C/C=C\C[C@H]3CN4c3ccc4ccccc4c3)ccc(C)c2[nH]1. The second kappa shape index (κ2) is 11.4. The number of aliphatic hydroxyl groups is 1. The summed E-state index contributed by atoms with van der Waals surface area (Å²) in [5.74, 6) is 0.995. The molecule has 1 fully saturated rings. The van der Waals surface area contributed by atoms with Gasteiger partial charge in [0.1, 0.15) is 5.75 Å². The van der Waals surface area contributed by atoms with Crippen molar-refractivity contribution in [2.45, 2.75) is 45.2 Å². The van der Waals surface area contributed by atoms with Gasteiger partial charge in [0.15, 0.2) is 0 Å². The molecule has 0 saturated carbocycles. The van der Waals surface area contributed by atoms with Gasteiger partial charge in [0.2, 0.25) is 0 Å². The average molecular weight is 498 g/mol. The molecule has 0 radical (unpaired) electrons. The van der Waals surface area contributed by atoms with Crippen LogP contribution in [0.25, 0.3) is 21.7 Å². The Labute approximate surface area is 220 Å². The second-order valence-corrected chi connectivity index (χ2v) is 10.3. The molecule has 2 N–H and O–H groups in total. The van der Waals surface area contributed by atoms with Gasteiger partial charge >= 0.3 is 0 Å². The molecule has 5 heteroatoms. The van der Waals surface area contributed by atoms with Crippen molar-refractivity contribution in [3.8, 4) is 5.75 Å². The van der Waals surface area contributed by atoms with E-state index in [-0.39, 0.29) is 0 Å². The van der Waals surface area contributed by atoms with Crippen LogP contribution in [-0.4, -0.2) is 60.4 Å². The number of nitrogens with one attached hydrogen (secondary N) is 1. The second-order valence-electron chi connectivity index (χ2n) is 10.3. The summed E-state index contributed by atoms with van der Waals surface area (Å²) in [6, 6.07) is 23.2. The highest BCUT2D eigenvalue weighted by molar-refractivity contribution is 5.89. The number of fused-ring (bicyclic) bond motifs is 6. The lowest BCUT2D eigenvalue weighted by molar-refractivity contribution is 0.137. The molecular formula is C32H39N3O2. The number of ether oxygens (including phenoxy) is 1. The summed E-state index contributed by atoms with van der Waals surface area (Å²) in [7, 11) is 1.00. The van der Waals surface area contributed by atoms with E-state index in [1.165, 1.54) is 38.6 Å². The van der Waals surface area contributed by atoms with Crippen molar-refractivity contribution in [1.82, 2.24) is 9.88 Å². The predicted molar refractivity (Wildman–Crippen MR) is 155 cm³/mol. The fourth-order valence-electron chi connectivity index (χ4n) is 5.93. The Morgan fingerprint density at radius 2 is 1.68 bits per heavy atom. The van der Waals surface area contributed by atoms with E-state index >= 15 is 0 Å². The van der Waals surface area contributed by atoms with Crippen LogP contribution in [0.5, 0.6) is 5.75 Å². The molecule has 1 saturated heterocycles. The molecule has 7 rings (SSSR count). The maximum Gasteiger partial charge on any atom is 0.128 e. The van der Waals surface area contributed by atoms with Gasteiger partial charge < -0.3 is 19.7 Å². The molecule has 37 heavy (non-hydrogen) atoms. The number of piperazine rings is 1. The molecule has 0 amide bonds. The van der Waals surface area contributed by atoms with Crippen molar-refractivity contribution in [3.05, 3.63) is 84.1 Å². The summed E-state index contributed by atoms with van der Waals surface area (Å²) in [4.78, 5) is 8.83. The fourth-order valence-corrected chi connectivity index (χ4v) is 5.93. The van der Waals surface area contributed by atoms with Crippen molar-refractivity contribution in [3.63, 3.8) is 0 Å². The van der Waals surface area contributed by atoms with Gasteiger partial charge in [-0.1, -0.05) is 48.6 Å². The van der Waals surface area contributed by atoms with Crippen molar-refractivity contribution >= 4 is 27.4 Å². The number of benzene rings is 3. The molecule has 2 bridgehead atoms. The highest BCUT2D eigenvalue weighted by Gasteiger charge is 2.33. The number of aryl methyl sites for hydroxylation is 2. The number of nitrogens with zero attached hydrogens (tertiary/aromatic N) is 2. The fraction of sp³-hybridized carbons (Fsp3) is 0.375. The Bertz CT molecular complexity index is 1380. The van der Waals surface area contributed by atoms with E-state index < -0.39 is 0 Å². The van der Waals surface area contributed by atoms with Crippen LogP contribution >= 0.6 is 0 Å². The topological polar surface area (TPSA) is 51.7 Å². The van der Waals surface area contributed by atoms with E-state index in [1.54, 1.807) is 0 Å². The Morgan fingerprint density at radius 1 is 0.892 bits per heavy atom. The van der Waals surface area contributed by atoms with Gasteiger partial charge in [-0.3, -0.25) is 4.90 Å². The largest absolute Gasteiger partial charge is 0.493 e. The maximum atomic E-state index is 7.00. The Hall–Kier alpha value is -3.28. The molecule has 3 aromatic carbocycles. The van der Waals surface area contributed by atoms with Crippen molar-refractivity contribution in [2.75, 3.05) is 38.3 Å². The number of hydrogen-bond donors (Lipinski definition) is 2. The zero-order valence-electron chi connectivity index (χ0n) is 22.3. The number of hydrogen-bond acceptors (Lipinski definition) is 4. The molecule has 0 unspecified atom stereocenters. The highest BCUT2D eigenvalue weighted by Crippen LogP contribution is 2.32. The lowest BCUT2D eigenvalue weighted by Crippen LogP contribution is -2.59. The number of aromatic amines is 1. The third kappa shape index (κ3) is 5.39. The number of anilines is 1. The minimum absolute atomic E-state index is 0.518. The van der Waals surface area contributed by atoms with E-state index in [1.807, 2.05) is 0 Å². The zero-order chi connectivity index (χ0) is 25.8. The van der Waals surface area contributed by atoms with Crippen LogP contribution in [0.15, 0.2) is 72.8 Å². The van der Waals surface area contributed by atoms with E-state index in [4.69, 9.17) is 9.84 Å². The lowest BCUT2D eigenvalue weighted by Gasteiger charge is -2.48. The van der Waals surface area contributed by atoms with Gasteiger partial charge in [-0.2, -0.15) is 0 Å². The van der Waals surface area contributed by atoms with Crippen molar-refractivity contribution in [2.24, 2.45) is 0 Å². The number of aliphatic hydroxyl groups excluding tert-OH is 1. The molecule has 5 nitrogen and oxygen atoms in total. The first-order chi connectivity index (χ1) is 18.2. The van der Waals surface area contributed by atoms with Gasteiger partial charge in [-0.15, -0.1) is 0 Å². The molecule has 1 aromatic heterocycles. The van der Waals surface area contributed by atoms with Gasteiger partial charge in [-0.25, -0.2) is 0 Å². The summed E-state index contributed by atoms with van der Waals surface area (Å²) >= 11 is 0. The quantitative estimate of drug-likeness (QED) is 0.245. The van der Waals surface area contributed by atoms with Crippen LogP contribution in [0.1, 0.15) is 30.5 Å². The summed E-state index contributed by atoms with van der Waals surface area (Å²) in [5, 5.41) is 10.8. The normalized spacial score (nSPS) is 20.4. The first-order valence-corrected chi connectivity index (χ1v) is 13.5. The van der Waals surface area contributed by atoms with E-state index in [9.17, 15) is 0 Å². The molecule has 0 aliphatic carbocycles. The predicted octanol–water partition coefficient (Wildman–Crippen LogP) is 6.22. The highest BCUT2D eigenvalue weighted by atomic mass is 16.5. The summed E-state index contributed by atoms with van der Waals surface area (Å²) < 4.78 is 6.27. The monoisotopic (exact) mass is 497 g/mol. The molecule has 4 heterocycles. The third-order valence-corrected chi connectivity index (χ3v) is 7.80.